The van der Waals surface area contributed by atoms with Gasteiger partial charge in [-0.05, 0) is 19.8 Å². The SMILES string of the molecule is CCOC(=O)C(F)(F)C1(O)CCCCCCCCCCC1. The number of aliphatic hydroxyl groups is 1. The maximum atomic E-state index is 14.3. The summed E-state index contributed by atoms with van der Waals surface area (Å²) < 4.78 is 33.0. The Bertz CT molecular complexity index is 307. The van der Waals surface area contributed by atoms with Gasteiger partial charge in [0.1, 0.15) is 5.60 Å². The van der Waals surface area contributed by atoms with Gasteiger partial charge < -0.3 is 9.84 Å². The molecule has 0 aliphatic heterocycles. The second-order valence-corrected chi connectivity index (χ2v) is 6.01. The molecule has 1 aliphatic rings. The molecule has 0 bridgehead atoms. The predicted molar refractivity (Wildman–Crippen MR) is 77.3 cm³/mol. The van der Waals surface area contributed by atoms with Crippen molar-refractivity contribution >= 4 is 5.97 Å². The van der Waals surface area contributed by atoms with Crippen molar-refractivity contribution in [3.8, 4) is 0 Å². The first-order valence-corrected chi connectivity index (χ1v) is 8.21. The largest absolute Gasteiger partial charge is 0.461 e. The highest BCUT2D eigenvalue weighted by atomic mass is 19.3. The zero-order chi connectivity index (χ0) is 15.8. The van der Waals surface area contributed by atoms with E-state index >= 15 is 0 Å². The number of alkyl halides is 2. The molecule has 0 atom stereocenters. The number of carbonyl (C=O) groups is 1. The molecular formula is C16H28F2O3. The van der Waals surface area contributed by atoms with Crippen LogP contribution in [-0.4, -0.2) is 29.2 Å². The molecule has 0 aromatic rings. The number of hydrogen-bond donors (Lipinski definition) is 1. The molecule has 3 nitrogen and oxygen atoms in total. The summed E-state index contributed by atoms with van der Waals surface area (Å²) in [4.78, 5) is 11.5. The van der Waals surface area contributed by atoms with Crippen LogP contribution in [0.3, 0.4) is 0 Å². The average Bonchev–Trinajstić information content (AvgIpc) is 2.43. The quantitative estimate of drug-likeness (QED) is 0.794. The predicted octanol–water partition coefficient (Wildman–Crippen LogP) is 4.22. The number of carbonyl (C=O) groups excluding carboxylic acids is 1. The van der Waals surface area contributed by atoms with E-state index < -0.39 is 17.5 Å². The van der Waals surface area contributed by atoms with Crippen LogP contribution in [0, 0.1) is 0 Å². The minimum absolute atomic E-state index is 0.0428. The monoisotopic (exact) mass is 306 g/mol. The second-order valence-electron chi connectivity index (χ2n) is 6.01. The lowest BCUT2D eigenvalue weighted by atomic mass is 9.83. The fraction of sp³-hybridized carbons (Fsp3) is 0.938. The van der Waals surface area contributed by atoms with Gasteiger partial charge in [-0.2, -0.15) is 8.78 Å². The van der Waals surface area contributed by atoms with Crippen LogP contribution in [0.4, 0.5) is 8.78 Å². The highest BCUT2D eigenvalue weighted by Crippen LogP contribution is 2.39. The van der Waals surface area contributed by atoms with Crippen LogP contribution in [0.25, 0.3) is 0 Å². The number of esters is 1. The van der Waals surface area contributed by atoms with Crippen molar-refractivity contribution < 1.29 is 23.4 Å². The smallest absolute Gasteiger partial charge is 0.380 e. The Kier molecular flexibility index (Phi) is 7.57. The van der Waals surface area contributed by atoms with Gasteiger partial charge in [0.15, 0.2) is 0 Å². The summed E-state index contributed by atoms with van der Waals surface area (Å²) in [6, 6.07) is 0. The van der Waals surface area contributed by atoms with Crippen LogP contribution >= 0.6 is 0 Å². The molecular weight excluding hydrogens is 278 g/mol. The van der Waals surface area contributed by atoms with Crippen LogP contribution in [0.5, 0.6) is 0 Å². The Morgan fingerprint density at radius 1 is 1.00 bits per heavy atom. The van der Waals surface area contributed by atoms with E-state index in [0.717, 1.165) is 38.5 Å². The van der Waals surface area contributed by atoms with E-state index in [2.05, 4.69) is 4.74 Å². The van der Waals surface area contributed by atoms with Crippen LogP contribution in [0.1, 0.15) is 77.6 Å². The summed E-state index contributed by atoms with van der Waals surface area (Å²) in [7, 11) is 0. The van der Waals surface area contributed by atoms with Crippen molar-refractivity contribution in [2.45, 2.75) is 89.1 Å². The summed E-state index contributed by atoms with van der Waals surface area (Å²) >= 11 is 0. The molecule has 1 rings (SSSR count). The molecule has 0 heterocycles. The fourth-order valence-corrected chi connectivity index (χ4v) is 2.92. The number of ether oxygens (including phenoxy) is 1. The summed E-state index contributed by atoms with van der Waals surface area (Å²) in [5.41, 5.74) is -2.27. The molecule has 5 heteroatoms. The highest BCUT2D eigenvalue weighted by molar-refractivity contribution is 5.79. The van der Waals surface area contributed by atoms with Crippen LogP contribution in [0.15, 0.2) is 0 Å². The molecule has 1 fully saturated rings. The third kappa shape index (κ3) is 5.20. The van der Waals surface area contributed by atoms with Crippen molar-refractivity contribution in [3.05, 3.63) is 0 Å². The minimum Gasteiger partial charge on any atom is -0.461 e. The van der Waals surface area contributed by atoms with Crippen molar-refractivity contribution in [3.63, 3.8) is 0 Å². The minimum atomic E-state index is -3.83. The number of hydrogen-bond acceptors (Lipinski definition) is 3. The van der Waals surface area contributed by atoms with Gasteiger partial charge >= 0.3 is 11.9 Å². The molecule has 0 unspecified atom stereocenters. The Labute approximate surface area is 126 Å². The third-order valence-corrected chi connectivity index (χ3v) is 4.30. The molecule has 0 saturated heterocycles. The lowest BCUT2D eigenvalue weighted by Gasteiger charge is -2.34. The summed E-state index contributed by atoms with van der Waals surface area (Å²) in [5, 5.41) is 10.4. The molecule has 0 aromatic heterocycles. The normalized spacial score (nSPS) is 21.9. The van der Waals surface area contributed by atoms with Gasteiger partial charge in [0.05, 0.1) is 6.61 Å². The number of halogens is 2. The average molecular weight is 306 g/mol. The molecule has 0 radical (unpaired) electrons. The van der Waals surface area contributed by atoms with Crippen molar-refractivity contribution in [2.75, 3.05) is 6.61 Å². The maximum absolute atomic E-state index is 14.3. The highest BCUT2D eigenvalue weighted by Gasteiger charge is 2.58. The van der Waals surface area contributed by atoms with E-state index in [0.29, 0.717) is 12.8 Å². The van der Waals surface area contributed by atoms with Gasteiger partial charge in [0, 0.05) is 0 Å². The van der Waals surface area contributed by atoms with Gasteiger partial charge in [-0.15, -0.1) is 0 Å². The molecule has 0 amide bonds. The lowest BCUT2D eigenvalue weighted by molar-refractivity contribution is -0.217. The van der Waals surface area contributed by atoms with Gasteiger partial charge in [0.25, 0.3) is 0 Å². The van der Waals surface area contributed by atoms with Gasteiger partial charge in [-0.1, -0.05) is 57.8 Å². The standard InChI is InChI=1S/C16H28F2O3/c1-2-21-14(19)16(17,18)15(20)12-10-8-6-4-3-5-7-9-11-13-15/h20H,2-13H2,1H3. The van der Waals surface area contributed by atoms with E-state index in [1.807, 2.05) is 0 Å². The van der Waals surface area contributed by atoms with E-state index in [4.69, 9.17) is 0 Å². The first kappa shape index (κ1) is 18.3. The second kappa shape index (κ2) is 8.66. The van der Waals surface area contributed by atoms with Gasteiger partial charge in [-0.25, -0.2) is 4.79 Å². The van der Waals surface area contributed by atoms with E-state index in [9.17, 15) is 18.7 Å². The van der Waals surface area contributed by atoms with Crippen molar-refractivity contribution in [2.24, 2.45) is 0 Å². The van der Waals surface area contributed by atoms with E-state index in [1.165, 1.54) is 13.3 Å². The summed E-state index contributed by atoms with van der Waals surface area (Å²) in [6.45, 7) is 1.38. The Balaban J connectivity index is 2.76. The van der Waals surface area contributed by atoms with Crippen molar-refractivity contribution in [1.29, 1.82) is 0 Å². The lowest BCUT2D eigenvalue weighted by Crippen LogP contribution is -2.54. The Hall–Kier alpha value is -0.710. The first-order valence-electron chi connectivity index (χ1n) is 8.21. The van der Waals surface area contributed by atoms with Crippen LogP contribution in [0.2, 0.25) is 0 Å². The Morgan fingerprint density at radius 2 is 1.38 bits per heavy atom. The molecule has 0 aromatic carbocycles. The fourth-order valence-electron chi connectivity index (χ4n) is 2.92. The molecule has 124 valence electrons. The zero-order valence-electron chi connectivity index (χ0n) is 13.0. The third-order valence-electron chi connectivity index (χ3n) is 4.30. The van der Waals surface area contributed by atoms with Crippen LogP contribution < -0.4 is 0 Å². The Morgan fingerprint density at radius 3 is 1.76 bits per heavy atom. The van der Waals surface area contributed by atoms with E-state index in [-0.39, 0.29) is 19.4 Å². The van der Waals surface area contributed by atoms with Gasteiger partial charge in [0.2, 0.25) is 0 Å². The molecule has 1 aliphatic carbocycles. The molecule has 0 spiro atoms. The number of rotatable bonds is 3. The molecule has 21 heavy (non-hydrogen) atoms. The summed E-state index contributed by atoms with van der Waals surface area (Å²) in [5.74, 6) is -5.42. The zero-order valence-corrected chi connectivity index (χ0v) is 13.0. The maximum Gasteiger partial charge on any atom is 0.380 e. The van der Waals surface area contributed by atoms with Crippen LogP contribution in [-0.2, 0) is 9.53 Å². The van der Waals surface area contributed by atoms with Gasteiger partial charge in [-0.3, -0.25) is 0 Å². The molecule has 1 N–H and O–H groups in total. The van der Waals surface area contributed by atoms with E-state index in [1.54, 1.807) is 0 Å². The first-order chi connectivity index (χ1) is 9.94. The summed E-state index contributed by atoms with van der Waals surface area (Å²) in [6.07, 6.45) is 8.03. The van der Waals surface area contributed by atoms with Crippen molar-refractivity contribution in [1.82, 2.24) is 0 Å². The topological polar surface area (TPSA) is 46.5 Å². The molecule has 1 saturated carbocycles.